The fourth-order valence-electron chi connectivity index (χ4n) is 4.78. The van der Waals surface area contributed by atoms with Crippen LogP contribution in [-0.4, -0.2) is 74.2 Å². The van der Waals surface area contributed by atoms with Crippen LogP contribution in [0.4, 0.5) is 4.79 Å². The van der Waals surface area contributed by atoms with Gasteiger partial charge in [-0.1, -0.05) is 31.9 Å². The van der Waals surface area contributed by atoms with E-state index in [4.69, 9.17) is 0 Å². The zero-order valence-electron chi connectivity index (χ0n) is 21.0. The largest absolute Gasteiger partial charge is 0.453 e. The minimum atomic E-state index is -3.79. The SMILES string of the molecule is CC[C@H]1/C=C\CCCCC[C@H](NC(=O)OC)C(=O)N2CCC[C@H]2C(=O)NC1C(=O)NS(=O)(=O)C1CC1. The molecule has 3 rings (SSSR count). The molecule has 1 saturated carbocycles. The van der Waals surface area contributed by atoms with E-state index in [1.165, 1.54) is 12.0 Å². The molecule has 1 unspecified atom stereocenters. The minimum Gasteiger partial charge on any atom is -0.453 e. The molecule has 3 N–H and O–H groups in total. The molecule has 1 aliphatic carbocycles. The van der Waals surface area contributed by atoms with Crippen molar-refractivity contribution in [1.29, 1.82) is 0 Å². The second-order valence-corrected chi connectivity index (χ2v) is 11.7. The Kier molecular flexibility index (Phi) is 9.75. The van der Waals surface area contributed by atoms with Crippen LogP contribution in [0.5, 0.6) is 0 Å². The predicted molar refractivity (Wildman–Crippen MR) is 132 cm³/mol. The van der Waals surface area contributed by atoms with Gasteiger partial charge in [-0.15, -0.1) is 0 Å². The fraction of sp³-hybridized carbons (Fsp3) is 0.750. The van der Waals surface area contributed by atoms with Crippen molar-refractivity contribution >= 4 is 33.8 Å². The normalized spacial score (nSPS) is 29.2. The number of hydrogen-bond donors (Lipinski definition) is 3. The predicted octanol–water partition coefficient (Wildman–Crippen LogP) is 1.34. The van der Waals surface area contributed by atoms with E-state index in [1.54, 1.807) is 0 Å². The van der Waals surface area contributed by atoms with Gasteiger partial charge in [0.15, 0.2) is 0 Å². The van der Waals surface area contributed by atoms with Crippen molar-refractivity contribution in [3.05, 3.63) is 12.2 Å². The van der Waals surface area contributed by atoms with Gasteiger partial charge < -0.3 is 20.3 Å². The lowest BCUT2D eigenvalue weighted by Crippen LogP contribution is -2.58. The molecule has 11 nitrogen and oxygen atoms in total. The van der Waals surface area contributed by atoms with Crippen LogP contribution in [0.15, 0.2) is 12.2 Å². The Hall–Kier alpha value is -2.63. The lowest BCUT2D eigenvalue weighted by atomic mass is 9.94. The van der Waals surface area contributed by atoms with E-state index in [1.807, 2.05) is 19.1 Å². The van der Waals surface area contributed by atoms with Crippen LogP contribution in [0.25, 0.3) is 0 Å². The Balaban J connectivity index is 1.86. The van der Waals surface area contributed by atoms with Gasteiger partial charge in [-0.25, -0.2) is 13.2 Å². The number of sulfonamides is 1. The topological polar surface area (TPSA) is 151 Å². The molecular weight excluding hydrogens is 488 g/mol. The van der Waals surface area contributed by atoms with E-state index < -0.39 is 57.2 Å². The van der Waals surface area contributed by atoms with Gasteiger partial charge >= 0.3 is 6.09 Å². The first-order valence-electron chi connectivity index (χ1n) is 12.9. The summed E-state index contributed by atoms with van der Waals surface area (Å²) in [7, 11) is -2.56. The number of rotatable bonds is 5. The van der Waals surface area contributed by atoms with E-state index in [-0.39, 0.29) is 5.91 Å². The number of carbonyl (C=O) groups is 4. The first kappa shape index (κ1) is 27.9. The van der Waals surface area contributed by atoms with Gasteiger partial charge in [-0.2, -0.15) is 0 Å². The maximum atomic E-state index is 13.4. The van der Waals surface area contributed by atoms with E-state index in [9.17, 15) is 27.6 Å². The van der Waals surface area contributed by atoms with Crippen molar-refractivity contribution in [1.82, 2.24) is 20.3 Å². The summed E-state index contributed by atoms with van der Waals surface area (Å²) in [6.07, 6.45) is 9.18. The molecule has 0 bridgehead atoms. The Labute approximate surface area is 212 Å². The third kappa shape index (κ3) is 7.21. The zero-order valence-corrected chi connectivity index (χ0v) is 21.8. The highest BCUT2D eigenvalue weighted by Gasteiger charge is 2.42. The number of methoxy groups -OCH3 is 1. The molecule has 0 aromatic rings. The number of carbonyl (C=O) groups excluding carboxylic acids is 4. The molecule has 0 aromatic heterocycles. The number of nitrogens with one attached hydrogen (secondary N) is 3. The number of alkyl carbamates (subject to hydrolysis) is 1. The third-order valence-corrected chi connectivity index (χ3v) is 8.88. The highest BCUT2D eigenvalue weighted by molar-refractivity contribution is 7.90. The maximum absolute atomic E-state index is 13.4. The van der Waals surface area contributed by atoms with E-state index in [2.05, 4.69) is 20.1 Å². The van der Waals surface area contributed by atoms with Crippen LogP contribution < -0.4 is 15.4 Å². The van der Waals surface area contributed by atoms with Crippen molar-refractivity contribution in [3.63, 3.8) is 0 Å². The molecule has 3 aliphatic rings. The fourth-order valence-corrected chi connectivity index (χ4v) is 6.12. The number of allylic oxidation sites excluding steroid dienone is 1. The summed E-state index contributed by atoms with van der Waals surface area (Å²) in [6, 6.07) is -2.74. The van der Waals surface area contributed by atoms with Gasteiger partial charge in [0.05, 0.1) is 12.4 Å². The molecule has 0 aromatic carbocycles. The van der Waals surface area contributed by atoms with Gasteiger partial charge in [0.25, 0.3) is 5.91 Å². The van der Waals surface area contributed by atoms with E-state index in [0.29, 0.717) is 51.5 Å². The van der Waals surface area contributed by atoms with Crippen LogP contribution in [-0.2, 0) is 29.1 Å². The molecule has 202 valence electrons. The zero-order chi connectivity index (χ0) is 26.3. The lowest BCUT2D eigenvalue weighted by molar-refractivity contribution is -0.141. The maximum Gasteiger partial charge on any atom is 0.407 e. The smallest absolute Gasteiger partial charge is 0.407 e. The molecule has 2 heterocycles. The van der Waals surface area contributed by atoms with Crippen molar-refractivity contribution in [2.24, 2.45) is 5.92 Å². The monoisotopic (exact) mass is 526 g/mol. The Bertz CT molecular complexity index is 964. The Morgan fingerprint density at radius 1 is 1.11 bits per heavy atom. The summed E-state index contributed by atoms with van der Waals surface area (Å²) in [5.41, 5.74) is 0. The second-order valence-electron chi connectivity index (χ2n) is 9.71. The summed E-state index contributed by atoms with van der Waals surface area (Å²) in [6.45, 7) is 2.22. The van der Waals surface area contributed by atoms with E-state index >= 15 is 0 Å². The van der Waals surface area contributed by atoms with Gasteiger partial charge in [0.2, 0.25) is 21.8 Å². The van der Waals surface area contributed by atoms with Crippen molar-refractivity contribution in [2.45, 2.75) is 94.5 Å². The first-order valence-corrected chi connectivity index (χ1v) is 14.4. The first-order chi connectivity index (χ1) is 17.2. The van der Waals surface area contributed by atoms with Crippen LogP contribution in [0.1, 0.15) is 71.1 Å². The minimum absolute atomic E-state index is 0.348. The summed E-state index contributed by atoms with van der Waals surface area (Å²) in [5.74, 6) is -2.05. The highest BCUT2D eigenvalue weighted by atomic mass is 32.2. The van der Waals surface area contributed by atoms with Gasteiger partial charge in [0, 0.05) is 12.5 Å². The molecular formula is C24H38N4O7S. The molecule has 0 radical (unpaired) electrons. The summed E-state index contributed by atoms with van der Waals surface area (Å²) < 4.78 is 31.7. The highest BCUT2D eigenvalue weighted by Crippen LogP contribution is 2.28. The number of nitrogens with zero attached hydrogens (tertiary/aromatic N) is 1. The van der Waals surface area contributed by atoms with Crippen LogP contribution in [0.3, 0.4) is 0 Å². The molecule has 4 atom stereocenters. The number of fused-ring (bicyclic) bond motifs is 1. The lowest BCUT2D eigenvalue weighted by Gasteiger charge is -2.30. The number of ether oxygens (including phenoxy) is 1. The Morgan fingerprint density at radius 3 is 2.53 bits per heavy atom. The molecule has 1 saturated heterocycles. The number of amides is 4. The quantitative estimate of drug-likeness (QED) is 0.457. The summed E-state index contributed by atoms with van der Waals surface area (Å²) in [5, 5.41) is 4.78. The molecule has 2 fully saturated rings. The Morgan fingerprint density at radius 2 is 1.86 bits per heavy atom. The van der Waals surface area contributed by atoms with Crippen LogP contribution in [0, 0.1) is 5.92 Å². The van der Waals surface area contributed by atoms with Crippen molar-refractivity contribution < 1.29 is 32.3 Å². The molecule has 2 aliphatic heterocycles. The molecule has 12 heteroatoms. The van der Waals surface area contributed by atoms with Gasteiger partial charge in [-0.3, -0.25) is 19.1 Å². The standard InChI is InChI=1S/C24H38N4O7S/c1-3-16-10-7-5-4-6-8-11-18(25-24(32)35-2)23(31)28-15-9-12-19(28)21(29)26-20(16)22(30)27-36(33,34)17-13-14-17/h7,10,16-20H,3-6,8-9,11-15H2,1-2H3,(H,25,32)(H,26,29)(H,27,30)/b10-7-/t16-,18-,19-,20?/m0/s1. The molecule has 4 amide bonds. The molecule has 36 heavy (non-hydrogen) atoms. The average Bonchev–Trinajstić information content (AvgIpc) is 3.60. The van der Waals surface area contributed by atoms with Crippen LogP contribution >= 0.6 is 0 Å². The number of hydrogen-bond acceptors (Lipinski definition) is 7. The van der Waals surface area contributed by atoms with Crippen molar-refractivity contribution in [2.75, 3.05) is 13.7 Å². The van der Waals surface area contributed by atoms with Crippen molar-refractivity contribution in [3.8, 4) is 0 Å². The summed E-state index contributed by atoms with van der Waals surface area (Å²) in [4.78, 5) is 53.2. The molecule has 0 spiro atoms. The third-order valence-electron chi connectivity index (χ3n) is 7.05. The van der Waals surface area contributed by atoms with Gasteiger partial charge in [0.1, 0.15) is 18.1 Å². The summed E-state index contributed by atoms with van der Waals surface area (Å²) >= 11 is 0. The average molecular weight is 527 g/mol. The second kappa shape index (κ2) is 12.6. The van der Waals surface area contributed by atoms with Crippen LogP contribution in [0.2, 0.25) is 0 Å². The van der Waals surface area contributed by atoms with Gasteiger partial charge in [-0.05, 0) is 51.4 Å². The van der Waals surface area contributed by atoms with E-state index in [0.717, 1.165) is 19.3 Å².